The Bertz CT molecular complexity index is 733. The molecule has 0 spiro atoms. The standard InChI is InChI=1S/C18H30N6O/c1-14-15(2)24(8-5-21(3)4)18-16(14)17(19)23(13-20-18)7-6-22-9-11-25-12-10-22/h13,19H,5-12H2,1-4H3/p+3. The molecule has 0 amide bonds. The van der Waals surface area contributed by atoms with Crippen molar-refractivity contribution in [3.8, 4) is 0 Å². The Balaban J connectivity index is 1.84. The Kier molecular flexibility index (Phi) is 5.56. The van der Waals surface area contributed by atoms with Gasteiger partial charge in [-0.1, -0.05) is 4.98 Å². The number of anilines is 1. The minimum Gasteiger partial charge on any atom is -0.370 e. The highest BCUT2D eigenvalue weighted by Crippen LogP contribution is 2.25. The lowest BCUT2D eigenvalue weighted by Gasteiger charge is -2.23. The molecule has 0 aromatic carbocycles. The van der Waals surface area contributed by atoms with Crippen LogP contribution in [0.4, 0.5) is 5.82 Å². The van der Waals surface area contributed by atoms with Gasteiger partial charge in [0.2, 0.25) is 17.8 Å². The van der Waals surface area contributed by atoms with Crippen molar-refractivity contribution >= 4 is 16.9 Å². The number of nitrogens with one attached hydrogen (secondary N) is 2. The van der Waals surface area contributed by atoms with E-state index in [4.69, 9.17) is 15.5 Å². The number of hydrogen-bond donors (Lipinski definition) is 3. The molecule has 0 saturated carbocycles. The number of fused-ring (bicyclic) bond motifs is 1. The molecule has 0 radical (unpaired) electrons. The number of nitrogens with zero attached hydrogens (tertiary/aromatic N) is 3. The summed E-state index contributed by atoms with van der Waals surface area (Å²) >= 11 is 0. The number of rotatable bonds is 6. The number of nitrogen functional groups attached to an aromatic ring is 1. The Morgan fingerprint density at radius 3 is 2.72 bits per heavy atom. The monoisotopic (exact) mass is 349 g/mol. The quantitative estimate of drug-likeness (QED) is 0.509. The molecular weight excluding hydrogens is 316 g/mol. The zero-order chi connectivity index (χ0) is 18.0. The van der Waals surface area contributed by atoms with Crippen molar-refractivity contribution in [1.29, 1.82) is 0 Å². The molecule has 1 fully saturated rings. The summed E-state index contributed by atoms with van der Waals surface area (Å²) in [6.07, 6.45) is 1.91. The summed E-state index contributed by atoms with van der Waals surface area (Å²) in [5.74, 6) is 0.842. The van der Waals surface area contributed by atoms with E-state index in [1.165, 1.54) is 16.2 Å². The van der Waals surface area contributed by atoms with Gasteiger partial charge >= 0.3 is 0 Å². The average molecular weight is 350 g/mol. The first-order valence-electron chi connectivity index (χ1n) is 9.32. The van der Waals surface area contributed by atoms with Crippen LogP contribution in [0.15, 0.2) is 6.33 Å². The first-order valence-corrected chi connectivity index (χ1v) is 9.32. The lowest BCUT2D eigenvalue weighted by molar-refractivity contribution is -0.925. The van der Waals surface area contributed by atoms with Gasteiger partial charge in [0, 0.05) is 5.69 Å². The SMILES string of the molecule is Cc1c(C)n(CC[NH+](C)C)c2nc[n+](CC[NH+]3CCOCC3)c(N)c12. The molecular formula is C18H33N6O+3. The summed E-state index contributed by atoms with van der Waals surface area (Å²) < 4.78 is 9.86. The normalized spacial score (nSPS) is 16.2. The highest BCUT2D eigenvalue weighted by atomic mass is 16.5. The molecule has 3 rings (SSSR count). The fraction of sp³-hybridized carbons (Fsp3) is 0.667. The van der Waals surface area contributed by atoms with E-state index in [1.54, 1.807) is 4.90 Å². The van der Waals surface area contributed by atoms with Gasteiger partial charge in [0.1, 0.15) is 31.6 Å². The topological polar surface area (TPSA) is 65.8 Å². The number of hydrogen-bond acceptors (Lipinski definition) is 3. The Morgan fingerprint density at radius 1 is 1.32 bits per heavy atom. The first-order chi connectivity index (χ1) is 12.0. The van der Waals surface area contributed by atoms with Crippen LogP contribution in [-0.4, -0.2) is 63.0 Å². The number of nitrogens with two attached hydrogens (primary N) is 1. The zero-order valence-corrected chi connectivity index (χ0v) is 16.1. The summed E-state index contributed by atoms with van der Waals surface area (Å²) in [6, 6.07) is 0. The van der Waals surface area contributed by atoms with Crippen LogP contribution in [0.3, 0.4) is 0 Å². The van der Waals surface area contributed by atoms with Crippen molar-refractivity contribution in [3.63, 3.8) is 0 Å². The van der Waals surface area contributed by atoms with E-state index in [1.807, 2.05) is 6.33 Å². The molecule has 7 nitrogen and oxygen atoms in total. The fourth-order valence-corrected chi connectivity index (χ4v) is 3.59. The number of morpholine rings is 1. The van der Waals surface area contributed by atoms with Crippen LogP contribution in [0.2, 0.25) is 0 Å². The van der Waals surface area contributed by atoms with E-state index in [0.717, 1.165) is 69.3 Å². The number of aryl methyl sites for hydroxylation is 1. The van der Waals surface area contributed by atoms with Gasteiger partial charge in [-0.05, 0) is 19.4 Å². The lowest BCUT2D eigenvalue weighted by Crippen LogP contribution is -3.14. The highest BCUT2D eigenvalue weighted by Gasteiger charge is 2.22. The van der Waals surface area contributed by atoms with Gasteiger partial charge in [-0.3, -0.25) is 0 Å². The van der Waals surface area contributed by atoms with E-state index in [0.29, 0.717) is 0 Å². The van der Waals surface area contributed by atoms with Gasteiger partial charge in [0.05, 0.1) is 40.4 Å². The summed E-state index contributed by atoms with van der Waals surface area (Å²) in [6.45, 7) is 12.2. The summed E-state index contributed by atoms with van der Waals surface area (Å²) in [7, 11) is 4.36. The largest absolute Gasteiger partial charge is 0.370 e. The molecule has 1 aliphatic heterocycles. The van der Waals surface area contributed by atoms with Gasteiger partial charge in [-0.15, -0.1) is 0 Å². The number of likely N-dealkylation sites (N-methyl/N-ethyl adjacent to an activating group) is 1. The van der Waals surface area contributed by atoms with Crippen LogP contribution in [0, 0.1) is 13.8 Å². The molecule has 2 aromatic rings. The molecule has 1 saturated heterocycles. The van der Waals surface area contributed by atoms with Gasteiger partial charge in [0.25, 0.3) is 0 Å². The third-order valence-electron chi connectivity index (χ3n) is 5.43. The van der Waals surface area contributed by atoms with Crippen LogP contribution in [0.5, 0.6) is 0 Å². The maximum absolute atomic E-state index is 6.54. The second-order valence-corrected chi connectivity index (χ2v) is 7.45. The van der Waals surface area contributed by atoms with Crippen molar-refractivity contribution in [2.45, 2.75) is 26.9 Å². The fourth-order valence-electron chi connectivity index (χ4n) is 3.59. The average Bonchev–Trinajstić information content (AvgIpc) is 2.85. The Hall–Kier alpha value is -1.70. The summed E-state index contributed by atoms with van der Waals surface area (Å²) in [5, 5.41) is 1.12. The Labute approximate surface area is 150 Å². The molecule has 4 N–H and O–H groups in total. The van der Waals surface area contributed by atoms with Crippen LogP contribution in [0.25, 0.3) is 11.0 Å². The first kappa shape index (κ1) is 18.1. The molecule has 0 unspecified atom stereocenters. The molecule has 2 aromatic heterocycles. The van der Waals surface area contributed by atoms with Crippen molar-refractivity contribution in [2.75, 3.05) is 59.2 Å². The molecule has 0 atom stereocenters. The van der Waals surface area contributed by atoms with Crippen molar-refractivity contribution in [3.05, 3.63) is 17.6 Å². The van der Waals surface area contributed by atoms with E-state index in [2.05, 4.69) is 37.1 Å². The second kappa shape index (κ2) is 7.68. The minimum atomic E-state index is 0.842. The molecule has 0 aliphatic carbocycles. The third-order valence-corrected chi connectivity index (χ3v) is 5.43. The van der Waals surface area contributed by atoms with E-state index >= 15 is 0 Å². The minimum absolute atomic E-state index is 0.842. The van der Waals surface area contributed by atoms with Crippen LogP contribution < -0.4 is 20.1 Å². The number of ether oxygens (including phenoxy) is 1. The molecule has 0 bridgehead atoms. The second-order valence-electron chi connectivity index (χ2n) is 7.45. The number of quaternary nitrogens is 2. The molecule has 138 valence electrons. The van der Waals surface area contributed by atoms with Crippen molar-refractivity contribution < 1.29 is 19.1 Å². The highest BCUT2D eigenvalue weighted by molar-refractivity contribution is 5.89. The third kappa shape index (κ3) is 3.78. The van der Waals surface area contributed by atoms with Crippen molar-refractivity contribution in [2.24, 2.45) is 0 Å². The van der Waals surface area contributed by atoms with Crippen LogP contribution >= 0.6 is 0 Å². The molecule has 25 heavy (non-hydrogen) atoms. The van der Waals surface area contributed by atoms with E-state index < -0.39 is 0 Å². The molecule has 1 aliphatic rings. The van der Waals surface area contributed by atoms with Crippen LogP contribution in [0.1, 0.15) is 11.3 Å². The lowest BCUT2D eigenvalue weighted by atomic mass is 10.2. The molecule has 3 heterocycles. The molecule has 7 heteroatoms. The van der Waals surface area contributed by atoms with Gasteiger partial charge in [0.15, 0.2) is 0 Å². The maximum atomic E-state index is 6.54. The predicted octanol–water partition coefficient (Wildman–Crippen LogP) is -2.42. The zero-order valence-electron chi connectivity index (χ0n) is 16.1. The maximum Gasteiger partial charge on any atom is 0.232 e. The van der Waals surface area contributed by atoms with Gasteiger partial charge in [-0.25, -0.2) is 4.57 Å². The van der Waals surface area contributed by atoms with E-state index in [-0.39, 0.29) is 0 Å². The smallest absolute Gasteiger partial charge is 0.232 e. The summed E-state index contributed by atoms with van der Waals surface area (Å²) in [4.78, 5) is 7.79. The number of aromatic nitrogens is 3. The Morgan fingerprint density at radius 2 is 2.04 bits per heavy atom. The summed E-state index contributed by atoms with van der Waals surface area (Å²) in [5.41, 5.74) is 10.1. The van der Waals surface area contributed by atoms with Crippen LogP contribution in [-0.2, 0) is 17.8 Å². The van der Waals surface area contributed by atoms with Gasteiger partial charge < -0.3 is 24.8 Å². The van der Waals surface area contributed by atoms with Crippen molar-refractivity contribution in [1.82, 2.24) is 9.55 Å². The van der Waals surface area contributed by atoms with E-state index in [9.17, 15) is 0 Å². The predicted molar refractivity (Wildman–Crippen MR) is 97.9 cm³/mol. The van der Waals surface area contributed by atoms with Gasteiger partial charge in [-0.2, -0.15) is 0 Å².